The SMILES string of the molecule is COc1cc(C=Cc2ccc3cccc(OC)c3n2)cc(C)c1OC. The summed E-state index contributed by atoms with van der Waals surface area (Å²) in [5.74, 6) is 2.25. The third kappa shape index (κ3) is 3.43. The molecule has 0 aliphatic carbocycles. The lowest BCUT2D eigenvalue weighted by molar-refractivity contribution is 0.353. The largest absolute Gasteiger partial charge is 0.494 e. The van der Waals surface area contributed by atoms with E-state index < -0.39 is 0 Å². The van der Waals surface area contributed by atoms with E-state index in [1.54, 1.807) is 21.3 Å². The summed E-state index contributed by atoms with van der Waals surface area (Å²) in [5.41, 5.74) is 3.77. The van der Waals surface area contributed by atoms with Crippen LogP contribution < -0.4 is 14.2 Å². The number of aromatic nitrogens is 1. The highest BCUT2D eigenvalue weighted by atomic mass is 16.5. The zero-order valence-corrected chi connectivity index (χ0v) is 14.9. The lowest BCUT2D eigenvalue weighted by atomic mass is 10.1. The second-order valence-electron chi connectivity index (χ2n) is 5.67. The van der Waals surface area contributed by atoms with Crippen molar-refractivity contribution in [2.75, 3.05) is 21.3 Å². The van der Waals surface area contributed by atoms with Gasteiger partial charge in [-0.2, -0.15) is 0 Å². The summed E-state index contributed by atoms with van der Waals surface area (Å²) in [7, 11) is 4.94. The summed E-state index contributed by atoms with van der Waals surface area (Å²) < 4.78 is 16.2. The average Bonchev–Trinajstić information content (AvgIpc) is 2.65. The molecule has 0 fully saturated rings. The van der Waals surface area contributed by atoms with Crippen molar-refractivity contribution in [1.29, 1.82) is 0 Å². The summed E-state index contributed by atoms with van der Waals surface area (Å²) in [6, 6.07) is 13.9. The first-order valence-electron chi connectivity index (χ1n) is 8.00. The number of benzene rings is 2. The Kier molecular flexibility index (Phi) is 4.89. The van der Waals surface area contributed by atoms with E-state index >= 15 is 0 Å². The highest BCUT2D eigenvalue weighted by molar-refractivity contribution is 5.86. The number of para-hydroxylation sites is 1. The maximum atomic E-state index is 5.41. The van der Waals surface area contributed by atoms with Gasteiger partial charge in [0.2, 0.25) is 0 Å². The number of ether oxygens (including phenoxy) is 3. The molecular weight excluding hydrogens is 314 g/mol. The van der Waals surface area contributed by atoms with E-state index in [0.29, 0.717) is 0 Å². The van der Waals surface area contributed by atoms with Crippen LogP contribution >= 0.6 is 0 Å². The molecule has 0 atom stereocenters. The molecule has 0 saturated heterocycles. The number of aryl methyl sites for hydroxylation is 1. The first-order valence-corrected chi connectivity index (χ1v) is 8.00. The number of hydrogen-bond donors (Lipinski definition) is 0. The molecule has 1 heterocycles. The maximum absolute atomic E-state index is 5.41. The summed E-state index contributed by atoms with van der Waals surface area (Å²) in [6.45, 7) is 2.00. The van der Waals surface area contributed by atoms with Gasteiger partial charge in [-0.3, -0.25) is 0 Å². The number of methoxy groups -OCH3 is 3. The summed E-state index contributed by atoms with van der Waals surface area (Å²) in [6.07, 6.45) is 3.99. The molecule has 0 aliphatic rings. The van der Waals surface area contributed by atoms with Gasteiger partial charge in [0.05, 0.1) is 27.0 Å². The fraction of sp³-hybridized carbons (Fsp3) is 0.190. The molecule has 25 heavy (non-hydrogen) atoms. The highest BCUT2D eigenvalue weighted by Gasteiger charge is 2.08. The second kappa shape index (κ2) is 7.26. The van der Waals surface area contributed by atoms with Gasteiger partial charge in [-0.15, -0.1) is 0 Å². The predicted octanol–water partition coefficient (Wildman–Crippen LogP) is 4.74. The van der Waals surface area contributed by atoms with Crippen molar-refractivity contribution in [3.63, 3.8) is 0 Å². The van der Waals surface area contributed by atoms with E-state index in [0.717, 1.165) is 45.0 Å². The van der Waals surface area contributed by atoms with Gasteiger partial charge >= 0.3 is 0 Å². The van der Waals surface area contributed by atoms with E-state index in [1.165, 1.54) is 0 Å². The Labute approximate surface area is 147 Å². The molecular formula is C21H21NO3. The zero-order valence-electron chi connectivity index (χ0n) is 14.9. The van der Waals surface area contributed by atoms with Crippen molar-refractivity contribution in [1.82, 2.24) is 4.98 Å². The smallest absolute Gasteiger partial charge is 0.163 e. The lowest BCUT2D eigenvalue weighted by Crippen LogP contribution is -1.94. The molecule has 0 N–H and O–H groups in total. The van der Waals surface area contributed by atoms with Crippen LogP contribution in [0.4, 0.5) is 0 Å². The van der Waals surface area contributed by atoms with Crippen LogP contribution in [0.2, 0.25) is 0 Å². The van der Waals surface area contributed by atoms with Gasteiger partial charge in [0, 0.05) is 5.39 Å². The number of rotatable bonds is 5. The Hall–Kier alpha value is -3.01. The monoisotopic (exact) mass is 335 g/mol. The van der Waals surface area contributed by atoms with Gasteiger partial charge in [-0.25, -0.2) is 4.98 Å². The molecule has 0 amide bonds. The Morgan fingerprint density at radius 2 is 1.64 bits per heavy atom. The van der Waals surface area contributed by atoms with Crippen LogP contribution in [-0.4, -0.2) is 26.3 Å². The lowest BCUT2D eigenvalue weighted by Gasteiger charge is -2.11. The van der Waals surface area contributed by atoms with Crippen molar-refractivity contribution in [2.24, 2.45) is 0 Å². The van der Waals surface area contributed by atoms with Crippen LogP contribution in [0.15, 0.2) is 42.5 Å². The van der Waals surface area contributed by atoms with Crippen LogP contribution in [-0.2, 0) is 0 Å². The Balaban J connectivity index is 1.97. The van der Waals surface area contributed by atoms with E-state index in [2.05, 4.69) is 6.07 Å². The van der Waals surface area contributed by atoms with E-state index in [9.17, 15) is 0 Å². The standard InChI is InChI=1S/C21H21NO3/c1-14-12-15(13-19(24-3)21(14)25-4)8-10-17-11-9-16-6-5-7-18(23-2)20(16)22-17/h5-13H,1-4H3. The van der Waals surface area contributed by atoms with E-state index in [1.807, 2.05) is 55.5 Å². The fourth-order valence-corrected chi connectivity index (χ4v) is 2.85. The van der Waals surface area contributed by atoms with Gasteiger partial charge in [-0.05, 0) is 48.4 Å². The minimum absolute atomic E-state index is 0.718. The Morgan fingerprint density at radius 3 is 2.36 bits per heavy atom. The summed E-state index contributed by atoms with van der Waals surface area (Å²) >= 11 is 0. The number of nitrogens with zero attached hydrogens (tertiary/aromatic N) is 1. The van der Waals surface area contributed by atoms with Gasteiger partial charge in [-0.1, -0.05) is 24.3 Å². The van der Waals surface area contributed by atoms with Gasteiger partial charge in [0.25, 0.3) is 0 Å². The molecule has 0 radical (unpaired) electrons. The summed E-state index contributed by atoms with van der Waals surface area (Å²) in [5, 5.41) is 1.05. The molecule has 0 spiro atoms. The molecule has 0 aliphatic heterocycles. The molecule has 0 saturated carbocycles. The van der Waals surface area contributed by atoms with E-state index in [4.69, 9.17) is 19.2 Å². The Bertz CT molecular complexity index is 932. The average molecular weight is 335 g/mol. The van der Waals surface area contributed by atoms with Gasteiger partial charge in [0.1, 0.15) is 11.3 Å². The van der Waals surface area contributed by atoms with Gasteiger partial charge < -0.3 is 14.2 Å². The van der Waals surface area contributed by atoms with Crippen molar-refractivity contribution in [3.05, 3.63) is 59.3 Å². The topological polar surface area (TPSA) is 40.6 Å². The Morgan fingerprint density at radius 1 is 0.840 bits per heavy atom. The van der Waals surface area contributed by atoms with Gasteiger partial charge in [0.15, 0.2) is 11.5 Å². The van der Waals surface area contributed by atoms with Crippen molar-refractivity contribution < 1.29 is 14.2 Å². The van der Waals surface area contributed by atoms with Crippen LogP contribution in [0.3, 0.4) is 0 Å². The third-order valence-electron chi connectivity index (χ3n) is 4.06. The van der Waals surface area contributed by atoms with Crippen LogP contribution in [0, 0.1) is 6.92 Å². The quantitative estimate of drug-likeness (QED) is 0.675. The fourth-order valence-electron chi connectivity index (χ4n) is 2.85. The molecule has 1 aromatic heterocycles. The maximum Gasteiger partial charge on any atom is 0.163 e. The second-order valence-corrected chi connectivity index (χ2v) is 5.67. The molecule has 3 rings (SSSR count). The predicted molar refractivity (Wildman–Crippen MR) is 102 cm³/mol. The normalized spacial score (nSPS) is 11.0. The van der Waals surface area contributed by atoms with Crippen LogP contribution in [0.5, 0.6) is 17.2 Å². The van der Waals surface area contributed by atoms with Crippen molar-refractivity contribution >= 4 is 23.1 Å². The molecule has 128 valence electrons. The molecule has 3 aromatic rings. The first-order chi connectivity index (χ1) is 12.2. The minimum Gasteiger partial charge on any atom is -0.494 e. The van der Waals surface area contributed by atoms with Crippen molar-refractivity contribution in [2.45, 2.75) is 6.92 Å². The number of pyridine rings is 1. The minimum atomic E-state index is 0.718. The molecule has 4 nitrogen and oxygen atoms in total. The number of fused-ring (bicyclic) bond motifs is 1. The van der Waals surface area contributed by atoms with Crippen LogP contribution in [0.25, 0.3) is 23.1 Å². The van der Waals surface area contributed by atoms with Crippen molar-refractivity contribution in [3.8, 4) is 17.2 Å². The molecule has 4 heteroatoms. The van der Waals surface area contributed by atoms with E-state index in [-0.39, 0.29) is 0 Å². The number of hydrogen-bond acceptors (Lipinski definition) is 4. The third-order valence-corrected chi connectivity index (χ3v) is 4.06. The highest BCUT2D eigenvalue weighted by Crippen LogP contribution is 2.32. The zero-order chi connectivity index (χ0) is 17.8. The van der Waals surface area contributed by atoms with Crippen LogP contribution in [0.1, 0.15) is 16.8 Å². The molecule has 2 aromatic carbocycles. The molecule has 0 unspecified atom stereocenters. The summed E-state index contributed by atoms with van der Waals surface area (Å²) in [4.78, 5) is 4.69. The molecule has 0 bridgehead atoms. The first kappa shape index (κ1) is 16.8.